The second-order valence-corrected chi connectivity index (χ2v) is 5.97. The Kier molecular flexibility index (Phi) is 6.61. The summed E-state index contributed by atoms with van der Waals surface area (Å²) in [5.74, 6) is 0. The molecule has 8 heteroatoms. The van der Waals surface area contributed by atoms with Gasteiger partial charge in [-0.25, -0.2) is 9.78 Å². The molecule has 0 aliphatic carbocycles. The molecule has 0 saturated carbocycles. The molecule has 2 rings (SSSR count). The van der Waals surface area contributed by atoms with Crippen molar-refractivity contribution in [1.29, 1.82) is 0 Å². The number of hydrogen-bond acceptors (Lipinski definition) is 6. The number of urea groups is 1. The van der Waals surface area contributed by atoms with Crippen LogP contribution in [-0.2, 0) is 22.6 Å². The molecule has 0 radical (unpaired) electrons. The molecule has 2 heterocycles. The lowest BCUT2D eigenvalue weighted by Crippen LogP contribution is -2.27. The van der Waals surface area contributed by atoms with E-state index in [0.29, 0.717) is 31.5 Å². The van der Waals surface area contributed by atoms with Crippen molar-refractivity contribution in [2.75, 3.05) is 25.6 Å². The molecule has 6 nitrogen and oxygen atoms in total. The molecule has 2 aromatic heterocycles. The number of amides is 2. The highest BCUT2D eigenvalue weighted by Gasteiger charge is 2.06. The molecule has 0 spiro atoms. The number of carbonyl (C=O) groups excluding carboxylic acids is 1. The minimum absolute atomic E-state index is 0.260. The summed E-state index contributed by atoms with van der Waals surface area (Å²) in [6.07, 6.45) is 0. The molecule has 0 aliphatic rings. The summed E-state index contributed by atoms with van der Waals surface area (Å²) in [5, 5.41) is 9.89. The molecule has 0 saturated heterocycles. The number of nitrogens with zero attached hydrogens (tertiary/aromatic N) is 1. The van der Waals surface area contributed by atoms with Gasteiger partial charge in [0.2, 0.25) is 0 Å². The highest BCUT2D eigenvalue weighted by Crippen LogP contribution is 2.16. The lowest BCUT2D eigenvalue weighted by Gasteiger charge is -2.03. The van der Waals surface area contributed by atoms with Gasteiger partial charge in [-0.2, -0.15) is 0 Å². The lowest BCUT2D eigenvalue weighted by molar-refractivity contribution is 0.0604. The summed E-state index contributed by atoms with van der Waals surface area (Å²) in [5.41, 5.74) is 0.796. The third-order valence-electron chi connectivity index (χ3n) is 2.46. The molecule has 21 heavy (non-hydrogen) atoms. The SMILES string of the molecule is COCCOCc1csc(NC(=O)NCc2cccs2)n1. The summed E-state index contributed by atoms with van der Waals surface area (Å²) in [6.45, 7) is 2.01. The van der Waals surface area contributed by atoms with Gasteiger partial charge in [0.15, 0.2) is 5.13 Å². The van der Waals surface area contributed by atoms with Crippen LogP contribution in [0.3, 0.4) is 0 Å². The van der Waals surface area contributed by atoms with Gasteiger partial charge in [-0.05, 0) is 11.4 Å². The van der Waals surface area contributed by atoms with Gasteiger partial charge in [0.05, 0.1) is 32.1 Å². The molecule has 2 N–H and O–H groups in total. The lowest BCUT2D eigenvalue weighted by atomic mass is 10.5. The average Bonchev–Trinajstić information content (AvgIpc) is 3.13. The monoisotopic (exact) mass is 327 g/mol. The fourth-order valence-corrected chi connectivity index (χ4v) is 2.81. The first-order valence-corrected chi connectivity index (χ1v) is 8.12. The molecule has 0 aliphatic heterocycles. The molecule has 0 unspecified atom stereocenters. The first-order chi connectivity index (χ1) is 10.3. The zero-order valence-corrected chi connectivity index (χ0v) is 13.3. The molecule has 114 valence electrons. The van der Waals surface area contributed by atoms with Gasteiger partial charge in [0.1, 0.15) is 0 Å². The maximum atomic E-state index is 11.7. The Morgan fingerprint density at radius 2 is 2.29 bits per heavy atom. The number of thiophene rings is 1. The van der Waals surface area contributed by atoms with Gasteiger partial charge in [0.25, 0.3) is 0 Å². The summed E-state index contributed by atoms with van der Waals surface area (Å²) < 4.78 is 10.3. The fourth-order valence-electron chi connectivity index (χ4n) is 1.47. The van der Waals surface area contributed by atoms with Crippen LogP contribution in [0.4, 0.5) is 9.93 Å². The van der Waals surface area contributed by atoms with Crippen LogP contribution in [0.1, 0.15) is 10.6 Å². The van der Waals surface area contributed by atoms with E-state index in [2.05, 4.69) is 15.6 Å². The minimum atomic E-state index is -0.260. The number of nitrogens with one attached hydrogen (secondary N) is 2. The van der Waals surface area contributed by atoms with Crippen LogP contribution in [-0.4, -0.2) is 31.3 Å². The van der Waals surface area contributed by atoms with Crippen LogP contribution in [0.25, 0.3) is 0 Å². The zero-order chi connectivity index (χ0) is 14.9. The molecule has 2 aromatic rings. The van der Waals surface area contributed by atoms with Gasteiger partial charge in [-0.3, -0.25) is 5.32 Å². The predicted molar refractivity (Wildman–Crippen MR) is 83.8 cm³/mol. The van der Waals surface area contributed by atoms with Gasteiger partial charge >= 0.3 is 6.03 Å². The quantitative estimate of drug-likeness (QED) is 0.731. The Hall–Kier alpha value is -1.48. The van der Waals surface area contributed by atoms with E-state index in [9.17, 15) is 4.79 Å². The van der Waals surface area contributed by atoms with Crippen molar-refractivity contribution in [2.45, 2.75) is 13.2 Å². The maximum absolute atomic E-state index is 11.7. The standard InChI is InChI=1S/C13H17N3O3S2/c1-18-4-5-19-8-10-9-21-13(15-10)16-12(17)14-7-11-3-2-6-20-11/h2-3,6,9H,4-5,7-8H2,1H3,(H2,14,15,16,17). The van der Waals surface area contributed by atoms with E-state index in [0.717, 1.165) is 10.6 Å². The second kappa shape index (κ2) is 8.73. The number of anilines is 1. The van der Waals surface area contributed by atoms with Crippen LogP contribution in [0, 0.1) is 0 Å². The Labute approximate surface area is 131 Å². The fraction of sp³-hybridized carbons (Fsp3) is 0.385. The van der Waals surface area contributed by atoms with Crippen molar-refractivity contribution >= 4 is 33.8 Å². The van der Waals surface area contributed by atoms with Gasteiger partial charge in [-0.1, -0.05) is 6.07 Å². The van der Waals surface area contributed by atoms with E-state index in [-0.39, 0.29) is 6.03 Å². The van der Waals surface area contributed by atoms with E-state index in [1.807, 2.05) is 22.9 Å². The molecular weight excluding hydrogens is 310 g/mol. The minimum Gasteiger partial charge on any atom is -0.382 e. The van der Waals surface area contributed by atoms with Crippen LogP contribution in [0.5, 0.6) is 0 Å². The highest BCUT2D eigenvalue weighted by atomic mass is 32.1. The molecular formula is C13H17N3O3S2. The summed E-state index contributed by atoms with van der Waals surface area (Å²) in [6, 6.07) is 3.67. The number of rotatable bonds is 8. The van der Waals surface area contributed by atoms with Crippen molar-refractivity contribution in [3.8, 4) is 0 Å². The number of thiazole rings is 1. The third-order valence-corrected chi connectivity index (χ3v) is 4.14. The number of aromatic nitrogens is 1. The van der Waals surface area contributed by atoms with E-state index in [1.54, 1.807) is 18.4 Å². The van der Waals surface area contributed by atoms with Gasteiger partial charge in [0, 0.05) is 17.4 Å². The first-order valence-electron chi connectivity index (χ1n) is 6.36. The van der Waals surface area contributed by atoms with Gasteiger partial charge < -0.3 is 14.8 Å². The summed E-state index contributed by atoms with van der Waals surface area (Å²) >= 11 is 2.98. The smallest absolute Gasteiger partial charge is 0.321 e. The van der Waals surface area contributed by atoms with Crippen LogP contribution in [0.15, 0.2) is 22.9 Å². The average molecular weight is 327 g/mol. The molecule has 0 bridgehead atoms. The molecule has 0 fully saturated rings. The van der Waals surface area contributed by atoms with Crippen molar-refractivity contribution in [1.82, 2.24) is 10.3 Å². The Bertz CT molecular complexity index is 543. The van der Waals surface area contributed by atoms with Crippen molar-refractivity contribution in [2.24, 2.45) is 0 Å². The third kappa shape index (κ3) is 5.80. The molecule has 0 atom stereocenters. The normalized spacial score (nSPS) is 10.5. The van der Waals surface area contributed by atoms with Crippen LogP contribution >= 0.6 is 22.7 Å². The van der Waals surface area contributed by atoms with Crippen LogP contribution in [0.2, 0.25) is 0 Å². The van der Waals surface area contributed by atoms with Crippen molar-refractivity contribution < 1.29 is 14.3 Å². The predicted octanol–water partition coefficient (Wildman–Crippen LogP) is 2.69. The number of methoxy groups -OCH3 is 1. The Morgan fingerprint density at radius 1 is 1.38 bits per heavy atom. The number of hydrogen-bond donors (Lipinski definition) is 2. The Balaban J connectivity index is 1.70. The van der Waals surface area contributed by atoms with E-state index in [1.165, 1.54) is 11.3 Å². The van der Waals surface area contributed by atoms with Crippen LogP contribution < -0.4 is 10.6 Å². The first kappa shape index (κ1) is 15.9. The maximum Gasteiger partial charge on any atom is 0.321 e. The van der Waals surface area contributed by atoms with Gasteiger partial charge in [-0.15, -0.1) is 22.7 Å². The van der Waals surface area contributed by atoms with E-state index in [4.69, 9.17) is 9.47 Å². The zero-order valence-electron chi connectivity index (χ0n) is 11.6. The summed E-state index contributed by atoms with van der Waals surface area (Å²) in [4.78, 5) is 17.1. The topological polar surface area (TPSA) is 72.5 Å². The Morgan fingerprint density at radius 3 is 3.05 bits per heavy atom. The summed E-state index contributed by atoms with van der Waals surface area (Å²) in [7, 11) is 1.63. The number of carbonyl (C=O) groups is 1. The molecule has 2 amide bonds. The van der Waals surface area contributed by atoms with Crippen molar-refractivity contribution in [3.05, 3.63) is 33.5 Å². The van der Waals surface area contributed by atoms with E-state index >= 15 is 0 Å². The van der Waals surface area contributed by atoms with E-state index < -0.39 is 0 Å². The largest absolute Gasteiger partial charge is 0.382 e. The number of ether oxygens (including phenoxy) is 2. The molecule has 0 aromatic carbocycles. The van der Waals surface area contributed by atoms with Crippen molar-refractivity contribution in [3.63, 3.8) is 0 Å². The highest BCUT2D eigenvalue weighted by molar-refractivity contribution is 7.13. The second-order valence-electron chi connectivity index (χ2n) is 4.08.